The Balaban J connectivity index is 2.09. The predicted octanol–water partition coefficient (Wildman–Crippen LogP) is 3.19. The average Bonchev–Trinajstić information content (AvgIpc) is 2.39. The van der Waals surface area contributed by atoms with Crippen molar-refractivity contribution in [1.82, 2.24) is 4.90 Å². The van der Waals surface area contributed by atoms with Gasteiger partial charge in [0.15, 0.2) is 0 Å². The van der Waals surface area contributed by atoms with Crippen LogP contribution in [0.15, 0.2) is 0 Å². The van der Waals surface area contributed by atoms with E-state index in [4.69, 9.17) is 20.1 Å². The van der Waals surface area contributed by atoms with Crippen molar-refractivity contribution in [2.45, 2.75) is 57.8 Å². The van der Waals surface area contributed by atoms with Gasteiger partial charge in [0.05, 0.1) is 12.8 Å². The average molecular weight is 235 g/mol. The number of hydrogen-bond acceptors (Lipinski definition) is 1. The first kappa shape index (κ1) is 12.4. The van der Waals surface area contributed by atoms with E-state index in [9.17, 15) is 0 Å². The molecule has 1 aliphatic carbocycles. The van der Waals surface area contributed by atoms with E-state index in [0.29, 0.717) is 17.8 Å². The number of thiocarbonyl (C=S) groups is 1. The van der Waals surface area contributed by atoms with E-state index in [-0.39, 0.29) is 0 Å². The molecule has 88 valence electrons. The first-order chi connectivity index (χ1) is 7.59. The van der Waals surface area contributed by atoms with Crippen LogP contribution < -0.4 is 0 Å². The summed E-state index contributed by atoms with van der Waals surface area (Å²) in [5.41, 5.74) is 0. The molecule has 3 atom stereocenters. The molecular formula is C13H22BNS. The van der Waals surface area contributed by atoms with Gasteiger partial charge in [-0.2, -0.15) is 0 Å². The number of piperidine rings is 1. The highest BCUT2D eigenvalue weighted by molar-refractivity contribution is 7.80. The van der Waals surface area contributed by atoms with Crippen LogP contribution in [-0.4, -0.2) is 30.3 Å². The van der Waals surface area contributed by atoms with Gasteiger partial charge in [-0.3, -0.25) is 0 Å². The molecule has 0 aromatic heterocycles. The topological polar surface area (TPSA) is 3.24 Å². The van der Waals surface area contributed by atoms with Crippen molar-refractivity contribution < 1.29 is 0 Å². The molecule has 0 N–H and O–H groups in total. The van der Waals surface area contributed by atoms with Gasteiger partial charge in [0.2, 0.25) is 0 Å². The van der Waals surface area contributed by atoms with Crippen LogP contribution in [0.25, 0.3) is 0 Å². The summed E-state index contributed by atoms with van der Waals surface area (Å²) in [5.74, 6) is 1.82. The molecule has 0 aromatic carbocycles. The van der Waals surface area contributed by atoms with Crippen molar-refractivity contribution in [3.8, 4) is 0 Å². The normalized spacial score (nSPS) is 36.1. The highest BCUT2D eigenvalue weighted by Crippen LogP contribution is 2.40. The molecule has 2 aliphatic rings. The summed E-state index contributed by atoms with van der Waals surface area (Å²) < 4.78 is 0. The second-order valence-corrected chi connectivity index (χ2v) is 6.13. The van der Waals surface area contributed by atoms with Gasteiger partial charge in [-0.05, 0) is 32.6 Å². The fraction of sp³-hybridized carbons (Fsp3) is 0.923. The number of rotatable bonds is 1. The summed E-state index contributed by atoms with van der Waals surface area (Å²) in [6.07, 6.45) is 6.19. The van der Waals surface area contributed by atoms with Gasteiger partial charge in [0.1, 0.15) is 0 Å². The lowest BCUT2D eigenvalue weighted by Crippen LogP contribution is -2.47. The molecule has 2 fully saturated rings. The maximum atomic E-state index is 6.12. The number of nitrogens with zero attached hydrogens (tertiary/aromatic N) is 1. The van der Waals surface area contributed by atoms with Gasteiger partial charge in [-0.15, -0.1) is 0 Å². The third kappa shape index (κ3) is 2.44. The second kappa shape index (κ2) is 5.08. The number of hydrogen-bond donors (Lipinski definition) is 0. The van der Waals surface area contributed by atoms with Crippen molar-refractivity contribution >= 4 is 25.1 Å². The molecule has 3 heteroatoms. The Kier molecular flexibility index (Phi) is 3.94. The molecule has 0 spiro atoms. The molecule has 0 aromatic rings. The minimum atomic E-state index is 0.420. The summed E-state index contributed by atoms with van der Waals surface area (Å²) in [7, 11) is 6.12. The SMILES string of the molecule is [B]C1CCCC2C(=S)N(C(C)C)CCC2C1. The Morgan fingerprint density at radius 1 is 1.31 bits per heavy atom. The minimum Gasteiger partial charge on any atom is -0.363 e. The van der Waals surface area contributed by atoms with Crippen molar-refractivity contribution in [2.24, 2.45) is 11.8 Å². The zero-order valence-corrected chi connectivity index (χ0v) is 11.3. The third-order valence-electron chi connectivity index (χ3n) is 4.23. The molecule has 2 radical (unpaired) electrons. The van der Waals surface area contributed by atoms with E-state index < -0.39 is 0 Å². The molecule has 2 rings (SSSR count). The lowest BCUT2D eigenvalue weighted by atomic mass is 9.74. The zero-order valence-electron chi connectivity index (χ0n) is 10.5. The van der Waals surface area contributed by atoms with Gasteiger partial charge < -0.3 is 4.90 Å². The highest BCUT2D eigenvalue weighted by atomic mass is 32.1. The van der Waals surface area contributed by atoms with Gasteiger partial charge in [-0.1, -0.05) is 37.3 Å². The number of fused-ring (bicyclic) bond motifs is 1. The summed E-state index contributed by atoms with van der Waals surface area (Å²) in [6.45, 7) is 5.63. The Morgan fingerprint density at radius 3 is 2.75 bits per heavy atom. The van der Waals surface area contributed by atoms with Crippen molar-refractivity contribution in [3.05, 3.63) is 0 Å². The molecule has 0 amide bonds. The lowest BCUT2D eigenvalue weighted by Gasteiger charge is -2.42. The Hall–Kier alpha value is -0.0451. The molecule has 16 heavy (non-hydrogen) atoms. The molecule has 0 bridgehead atoms. The quantitative estimate of drug-likeness (QED) is 0.507. The predicted molar refractivity (Wildman–Crippen MR) is 74.0 cm³/mol. The van der Waals surface area contributed by atoms with Crippen LogP contribution in [0, 0.1) is 11.8 Å². The monoisotopic (exact) mass is 235 g/mol. The van der Waals surface area contributed by atoms with E-state index in [1.54, 1.807) is 0 Å². The van der Waals surface area contributed by atoms with Crippen molar-refractivity contribution in [1.29, 1.82) is 0 Å². The van der Waals surface area contributed by atoms with Crippen LogP contribution in [0.2, 0.25) is 5.82 Å². The summed E-state index contributed by atoms with van der Waals surface area (Å²) >= 11 is 5.69. The van der Waals surface area contributed by atoms with Crippen LogP contribution in [0.4, 0.5) is 0 Å². The van der Waals surface area contributed by atoms with E-state index in [1.807, 2.05) is 0 Å². The molecule has 3 unspecified atom stereocenters. The van der Waals surface area contributed by atoms with Crippen LogP contribution in [0.3, 0.4) is 0 Å². The first-order valence-corrected chi connectivity index (χ1v) is 7.06. The van der Waals surface area contributed by atoms with Gasteiger partial charge in [0.25, 0.3) is 0 Å². The molecular weight excluding hydrogens is 213 g/mol. The van der Waals surface area contributed by atoms with E-state index in [1.165, 1.54) is 37.1 Å². The highest BCUT2D eigenvalue weighted by Gasteiger charge is 2.35. The van der Waals surface area contributed by atoms with Crippen LogP contribution in [-0.2, 0) is 0 Å². The zero-order chi connectivity index (χ0) is 11.7. The fourth-order valence-corrected chi connectivity index (χ4v) is 3.90. The van der Waals surface area contributed by atoms with Crippen molar-refractivity contribution in [3.63, 3.8) is 0 Å². The van der Waals surface area contributed by atoms with E-state index >= 15 is 0 Å². The van der Waals surface area contributed by atoms with Crippen LogP contribution in [0.1, 0.15) is 46.0 Å². The standard InChI is InChI=1S/C13H22BNS/c1-9(2)15-7-6-10-8-11(14)4-3-5-12(10)13(15)16/h9-12H,3-8H2,1-2H3. The van der Waals surface area contributed by atoms with Gasteiger partial charge in [-0.25, -0.2) is 0 Å². The number of likely N-dealkylation sites (tertiary alicyclic amines) is 1. The molecule has 1 saturated heterocycles. The molecule has 1 saturated carbocycles. The summed E-state index contributed by atoms with van der Waals surface area (Å²) in [4.78, 5) is 3.65. The maximum absolute atomic E-state index is 6.12. The Morgan fingerprint density at radius 2 is 2.06 bits per heavy atom. The van der Waals surface area contributed by atoms with Gasteiger partial charge in [0, 0.05) is 18.5 Å². The maximum Gasteiger partial charge on any atom is 0.0815 e. The second-order valence-electron chi connectivity index (χ2n) is 5.71. The molecule has 1 nitrogen and oxygen atoms in total. The van der Waals surface area contributed by atoms with E-state index in [2.05, 4.69) is 18.7 Å². The Labute approximate surface area is 106 Å². The summed E-state index contributed by atoms with van der Waals surface area (Å²) in [6, 6.07) is 0.561. The van der Waals surface area contributed by atoms with Gasteiger partial charge >= 0.3 is 0 Å². The smallest absolute Gasteiger partial charge is 0.0815 e. The molecule has 1 aliphatic heterocycles. The first-order valence-electron chi connectivity index (χ1n) is 6.65. The minimum absolute atomic E-state index is 0.420. The lowest BCUT2D eigenvalue weighted by molar-refractivity contribution is 0.224. The fourth-order valence-electron chi connectivity index (χ4n) is 3.29. The summed E-state index contributed by atoms with van der Waals surface area (Å²) in [5, 5.41) is 0. The molecule has 1 heterocycles. The van der Waals surface area contributed by atoms with Crippen LogP contribution >= 0.6 is 12.2 Å². The van der Waals surface area contributed by atoms with Crippen LogP contribution in [0.5, 0.6) is 0 Å². The largest absolute Gasteiger partial charge is 0.363 e. The van der Waals surface area contributed by atoms with E-state index in [0.717, 1.165) is 12.5 Å². The Bertz CT molecular complexity index is 267. The third-order valence-corrected chi connectivity index (χ3v) is 4.77. The van der Waals surface area contributed by atoms with Crippen molar-refractivity contribution in [2.75, 3.05) is 6.54 Å².